The Hall–Kier alpha value is -1.43. The average Bonchev–Trinajstić information content (AvgIpc) is 2.74. The van der Waals surface area contributed by atoms with Gasteiger partial charge in [0.2, 0.25) is 0 Å². The van der Waals surface area contributed by atoms with Crippen molar-refractivity contribution < 1.29 is 9.90 Å². The molecule has 19 heavy (non-hydrogen) atoms. The van der Waals surface area contributed by atoms with Crippen LogP contribution in [0.25, 0.3) is 0 Å². The second-order valence-corrected chi connectivity index (χ2v) is 5.59. The molecular formula is C13H24N4O2. The number of likely N-dealkylation sites (N-methyl/N-ethyl adjacent to an activating group) is 1. The normalized spacial score (nSPS) is 12.1. The van der Waals surface area contributed by atoms with Crippen LogP contribution in [-0.4, -0.2) is 50.6 Å². The molecule has 1 N–H and O–H groups in total. The largest absolute Gasteiger partial charge is 0.476 e. The number of hydrogen-bond donors (Lipinski definition) is 1. The first-order valence-corrected chi connectivity index (χ1v) is 6.70. The van der Waals surface area contributed by atoms with Crippen LogP contribution in [0.5, 0.6) is 0 Å². The average molecular weight is 268 g/mol. The standard InChI is InChI=1S/C13H24N4O2/c1-6-16(7-2)8-9-17-11(13(3,4)5)10(12(18)19)14-15-17/h6-9H2,1-5H3,(H,18,19). The highest BCUT2D eigenvalue weighted by Gasteiger charge is 2.28. The highest BCUT2D eigenvalue weighted by atomic mass is 16.4. The van der Waals surface area contributed by atoms with Gasteiger partial charge >= 0.3 is 5.97 Å². The lowest BCUT2D eigenvalue weighted by atomic mass is 9.90. The summed E-state index contributed by atoms with van der Waals surface area (Å²) in [5, 5.41) is 17.0. The van der Waals surface area contributed by atoms with Crippen LogP contribution in [0, 0.1) is 0 Å². The fourth-order valence-corrected chi connectivity index (χ4v) is 2.13. The Morgan fingerprint density at radius 3 is 2.32 bits per heavy atom. The molecule has 6 heteroatoms. The molecule has 0 spiro atoms. The van der Waals surface area contributed by atoms with Gasteiger partial charge in [0.25, 0.3) is 0 Å². The van der Waals surface area contributed by atoms with Crippen LogP contribution < -0.4 is 0 Å². The summed E-state index contributed by atoms with van der Waals surface area (Å²) in [6.45, 7) is 13.6. The van der Waals surface area contributed by atoms with Gasteiger partial charge in [0.15, 0.2) is 5.69 Å². The van der Waals surface area contributed by atoms with Crippen molar-refractivity contribution in [3.05, 3.63) is 11.4 Å². The van der Waals surface area contributed by atoms with E-state index in [2.05, 4.69) is 29.1 Å². The molecule has 1 aromatic heterocycles. The molecule has 1 aromatic rings. The Kier molecular flexibility index (Phi) is 5.05. The zero-order valence-electron chi connectivity index (χ0n) is 12.5. The molecule has 6 nitrogen and oxygen atoms in total. The van der Waals surface area contributed by atoms with Gasteiger partial charge in [-0.05, 0) is 13.1 Å². The van der Waals surface area contributed by atoms with Crippen molar-refractivity contribution in [2.45, 2.75) is 46.6 Å². The molecular weight excluding hydrogens is 244 g/mol. The van der Waals surface area contributed by atoms with Gasteiger partial charge < -0.3 is 10.0 Å². The second-order valence-electron chi connectivity index (χ2n) is 5.59. The summed E-state index contributed by atoms with van der Waals surface area (Å²) in [6.07, 6.45) is 0. The van der Waals surface area contributed by atoms with E-state index in [1.54, 1.807) is 4.68 Å². The topological polar surface area (TPSA) is 71.2 Å². The van der Waals surface area contributed by atoms with Gasteiger partial charge in [0.1, 0.15) is 0 Å². The van der Waals surface area contributed by atoms with Gasteiger partial charge in [0.05, 0.1) is 12.2 Å². The molecule has 0 aromatic carbocycles. The molecule has 0 unspecified atom stereocenters. The van der Waals surface area contributed by atoms with E-state index < -0.39 is 5.97 Å². The van der Waals surface area contributed by atoms with Gasteiger partial charge in [-0.1, -0.05) is 39.8 Å². The summed E-state index contributed by atoms with van der Waals surface area (Å²) in [6, 6.07) is 0. The molecule has 0 fully saturated rings. The smallest absolute Gasteiger partial charge is 0.358 e. The van der Waals surface area contributed by atoms with E-state index in [0.29, 0.717) is 12.2 Å². The van der Waals surface area contributed by atoms with Crippen molar-refractivity contribution >= 4 is 5.97 Å². The van der Waals surface area contributed by atoms with Crippen LogP contribution in [0.2, 0.25) is 0 Å². The molecule has 0 aliphatic carbocycles. The number of nitrogens with zero attached hydrogens (tertiary/aromatic N) is 4. The van der Waals surface area contributed by atoms with E-state index in [-0.39, 0.29) is 11.1 Å². The van der Waals surface area contributed by atoms with E-state index >= 15 is 0 Å². The monoisotopic (exact) mass is 268 g/mol. The third-order valence-electron chi connectivity index (χ3n) is 3.17. The number of carboxylic acids is 1. The maximum Gasteiger partial charge on any atom is 0.358 e. The molecule has 0 atom stereocenters. The molecule has 0 amide bonds. The molecule has 0 radical (unpaired) electrons. The number of aromatic carboxylic acids is 1. The Morgan fingerprint density at radius 1 is 1.32 bits per heavy atom. The number of carbonyl (C=O) groups is 1. The zero-order valence-corrected chi connectivity index (χ0v) is 12.5. The van der Waals surface area contributed by atoms with Gasteiger partial charge in [0, 0.05) is 12.0 Å². The Labute approximate surface area is 114 Å². The predicted octanol–water partition coefficient (Wildman–Crippen LogP) is 1.62. The summed E-state index contributed by atoms with van der Waals surface area (Å²) in [4.78, 5) is 13.5. The Bertz CT molecular complexity index is 430. The molecule has 0 bridgehead atoms. The first-order chi connectivity index (χ1) is 8.81. The summed E-state index contributed by atoms with van der Waals surface area (Å²) < 4.78 is 1.72. The summed E-state index contributed by atoms with van der Waals surface area (Å²) in [5.74, 6) is -1.01. The maximum absolute atomic E-state index is 11.2. The summed E-state index contributed by atoms with van der Waals surface area (Å²) in [7, 11) is 0. The van der Waals surface area contributed by atoms with Crippen molar-refractivity contribution in [3.63, 3.8) is 0 Å². The van der Waals surface area contributed by atoms with Crippen LogP contribution in [0.3, 0.4) is 0 Å². The Morgan fingerprint density at radius 2 is 1.89 bits per heavy atom. The van der Waals surface area contributed by atoms with E-state index in [1.807, 2.05) is 20.8 Å². The van der Waals surface area contributed by atoms with Crippen molar-refractivity contribution in [1.82, 2.24) is 19.9 Å². The fourth-order valence-electron chi connectivity index (χ4n) is 2.13. The van der Waals surface area contributed by atoms with Crippen molar-refractivity contribution in [2.75, 3.05) is 19.6 Å². The van der Waals surface area contributed by atoms with Crippen LogP contribution in [0.15, 0.2) is 0 Å². The SMILES string of the molecule is CCN(CC)CCn1nnc(C(=O)O)c1C(C)(C)C. The minimum absolute atomic E-state index is 0.0621. The lowest BCUT2D eigenvalue weighted by Gasteiger charge is -2.22. The zero-order chi connectivity index (χ0) is 14.6. The molecule has 108 valence electrons. The predicted molar refractivity (Wildman–Crippen MR) is 73.5 cm³/mol. The molecule has 0 saturated carbocycles. The van der Waals surface area contributed by atoms with Crippen LogP contribution >= 0.6 is 0 Å². The summed E-state index contributed by atoms with van der Waals surface area (Å²) in [5.41, 5.74) is 0.458. The number of carboxylic acid groups (broad SMARTS) is 1. The highest BCUT2D eigenvalue weighted by molar-refractivity contribution is 5.86. The third-order valence-corrected chi connectivity index (χ3v) is 3.17. The minimum Gasteiger partial charge on any atom is -0.476 e. The van der Waals surface area contributed by atoms with E-state index in [9.17, 15) is 9.90 Å². The van der Waals surface area contributed by atoms with Crippen molar-refractivity contribution in [1.29, 1.82) is 0 Å². The van der Waals surface area contributed by atoms with Gasteiger partial charge in [-0.3, -0.25) is 0 Å². The van der Waals surface area contributed by atoms with E-state index in [4.69, 9.17) is 0 Å². The number of hydrogen-bond acceptors (Lipinski definition) is 4. The quantitative estimate of drug-likeness (QED) is 0.848. The first kappa shape index (κ1) is 15.6. The first-order valence-electron chi connectivity index (χ1n) is 6.70. The van der Waals surface area contributed by atoms with Gasteiger partial charge in [-0.25, -0.2) is 9.48 Å². The fraction of sp³-hybridized carbons (Fsp3) is 0.769. The van der Waals surface area contributed by atoms with Gasteiger partial charge in [-0.2, -0.15) is 0 Å². The lowest BCUT2D eigenvalue weighted by molar-refractivity contribution is 0.0687. The van der Waals surface area contributed by atoms with E-state index in [1.165, 1.54) is 0 Å². The highest BCUT2D eigenvalue weighted by Crippen LogP contribution is 2.24. The van der Waals surface area contributed by atoms with Crippen LogP contribution in [-0.2, 0) is 12.0 Å². The Balaban J connectivity index is 2.99. The molecule has 0 aliphatic heterocycles. The van der Waals surface area contributed by atoms with Crippen molar-refractivity contribution in [3.8, 4) is 0 Å². The van der Waals surface area contributed by atoms with Crippen molar-refractivity contribution in [2.24, 2.45) is 0 Å². The second kappa shape index (κ2) is 6.14. The maximum atomic E-state index is 11.2. The molecule has 1 heterocycles. The lowest BCUT2D eigenvalue weighted by Crippen LogP contribution is -2.29. The number of rotatable bonds is 6. The molecule has 1 rings (SSSR count). The van der Waals surface area contributed by atoms with Gasteiger partial charge in [-0.15, -0.1) is 5.10 Å². The molecule has 0 aliphatic rings. The van der Waals surface area contributed by atoms with E-state index in [0.717, 1.165) is 19.6 Å². The third kappa shape index (κ3) is 3.76. The molecule has 0 saturated heterocycles. The van der Waals surface area contributed by atoms with Crippen LogP contribution in [0.4, 0.5) is 0 Å². The number of aromatic nitrogens is 3. The minimum atomic E-state index is -1.01. The summed E-state index contributed by atoms with van der Waals surface area (Å²) >= 11 is 0. The van der Waals surface area contributed by atoms with Crippen LogP contribution in [0.1, 0.15) is 50.8 Å².